The van der Waals surface area contributed by atoms with E-state index in [-0.39, 0.29) is 17.8 Å². The topological polar surface area (TPSA) is 38.3 Å². The van der Waals surface area contributed by atoms with Crippen molar-refractivity contribution in [2.24, 2.45) is 0 Å². The van der Waals surface area contributed by atoms with E-state index in [1.165, 1.54) is 17.8 Å². The second-order valence-corrected chi connectivity index (χ2v) is 5.60. The first-order chi connectivity index (χ1) is 9.25. The number of carbonyl (C=O) groups is 1. The number of carbonyl (C=O) groups excluding carboxylic acids is 1. The van der Waals surface area contributed by atoms with Crippen LogP contribution in [0.25, 0.3) is 0 Å². The van der Waals surface area contributed by atoms with E-state index in [9.17, 15) is 9.18 Å². The number of ether oxygens (including phenoxy) is 1. The predicted molar refractivity (Wildman–Crippen MR) is 73.7 cm³/mol. The Kier molecular flexibility index (Phi) is 5.66. The van der Waals surface area contributed by atoms with E-state index in [4.69, 9.17) is 4.74 Å². The quantitative estimate of drug-likeness (QED) is 0.816. The molecular weight excluding hydrogens is 265 g/mol. The molecule has 1 aromatic carbocycles. The standard InChI is InChI=1S/C14H18FNO2S/c15-12-5-1-2-6-13(12)19-9-7-14(17)16-10-11-4-3-8-18-11/h1-2,5-6,11H,3-4,7-10H2,(H,16,17)/t11-/m1/s1. The van der Waals surface area contributed by atoms with Crippen LogP contribution in [0.3, 0.4) is 0 Å². The average molecular weight is 283 g/mol. The molecule has 104 valence electrons. The van der Waals surface area contributed by atoms with Crippen molar-refractivity contribution >= 4 is 17.7 Å². The molecule has 0 unspecified atom stereocenters. The van der Waals surface area contributed by atoms with Crippen LogP contribution in [0, 0.1) is 5.82 Å². The predicted octanol–water partition coefficient (Wildman–Crippen LogP) is 2.60. The van der Waals surface area contributed by atoms with E-state index in [2.05, 4.69) is 5.32 Å². The first-order valence-electron chi connectivity index (χ1n) is 6.51. The number of amides is 1. The number of hydrogen-bond acceptors (Lipinski definition) is 3. The first kappa shape index (κ1) is 14.3. The summed E-state index contributed by atoms with van der Waals surface area (Å²) in [6.45, 7) is 1.38. The Bertz CT molecular complexity index is 422. The number of halogens is 1. The van der Waals surface area contributed by atoms with Crippen LogP contribution in [-0.2, 0) is 9.53 Å². The van der Waals surface area contributed by atoms with Gasteiger partial charge in [-0.3, -0.25) is 4.79 Å². The second kappa shape index (κ2) is 7.50. The SMILES string of the molecule is O=C(CCSc1ccccc1F)NC[C@H]1CCCO1. The minimum absolute atomic E-state index is 0.000612. The Morgan fingerprint density at radius 1 is 1.47 bits per heavy atom. The Balaban J connectivity index is 1.62. The lowest BCUT2D eigenvalue weighted by Gasteiger charge is -2.10. The minimum Gasteiger partial charge on any atom is -0.376 e. The third-order valence-electron chi connectivity index (χ3n) is 2.97. The highest BCUT2D eigenvalue weighted by molar-refractivity contribution is 7.99. The van der Waals surface area contributed by atoms with E-state index in [1.807, 2.05) is 0 Å². The number of rotatable bonds is 6. The fraction of sp³-hybridized carbons (Fsp3) is 0.500. The Hall–Kier alpha value is -1.07. The molecule has 0 bridgehead atoms. The van der Waals surface area contributed by atoms with Crippen molar-refractivity contribution < 1.29 is 13.9 Å². The lowest BCUT2D eigenvalue weighted by atomic mass is 10.2. The van der Waals surface area contributed by atoms with Gasteiger partial charge in [-0.2, -0.15) is 0 Å². The lowest BCUT2D eigenvalue weighted by molar-refractivity contribution is -0.121. The smallest absolute Gasteiger partial charge is 0.220 e. The van der Waals surface area contributed by atoms with Gasteiger partial charge in [-0.15, -0.1) is 11.8 Å². The van der Waals surface area contributed by atoms with Crippen LogP contribution in [0.4, 0.5) is 4.39 Å². The molecule has 19 heavy (non-hydrogen) atoms. The largest absolute Gasteiger partial charge is 0.376 e. The molecular formula is C14H18FNO2S. The van der Waals surface area contributed by atoms with Crippen molar-refractivity contribution in [1.82, 2.24) is 5.32 Å². The highest BCUT2D eigenvalue weighted by Gasteiger charge is 2.15. The van der Waals surface area contributed by atoms with Crippen LogP contribution in [0.1, 0.15) is 19.3 Å². The van der Waals surface area contributed by atoms with E-state index in [0.29, 0.717) is 23.6 Å². The van der Waals surface area contributed by atoms with Crippen molar-refractivity contribution in [1.29, 1.82) is 0 Å². The van der Waals surface area contributed by atoms with Gasteiger partial charge in [0.05, 0.1) is 6.10 Å². The van der Waals surface area contributed by atoms with Crippen LogP contribution in [0.15, 0.2) is 29.2 Å². The van der Waals surface area contributed by atoms with Crippen LogP contribution in [0.5, 0.6) is 0 Å². The summed E-state index contributed by atoms with van der Waals surface area (Å²) in [6, 6.07) is 6.61. The minimum atomic E-state index is -0.229. The van der Waals surface area contributed by atoms with E-state index in [0.717, 1.165) is 19.4 Å². The van der Waals surface area contributed by atoms with Gasteiger partial charge in [0.1, 0.15) is 5.82 Å². The zero-order valence-corrected chi connectivity index (χ0v) is 11.5. The maximum atomic E-state index is 13.3. The average Bonchev–Trinajstić information content (AvgIpc) is 2.92. The molecule has 1 N–H and O–H groups in total. The highest BCUT2D eigenvalue weighted by Crippen LogP contribution is 2.21. The molecule has 1 aromatic rings. The molecule has 1 atom stereocenters. The Labute approximate surface area is 116 Å². The van der Waals surface area contributed by atoms with Crippen LogP contribution in [0.2, 0.25) is 0 Å². The molecule has 0 spiro atoms. The molecule has 1 amide bonds. The third-order valence-corrected chi connectivity index (χ3v) is 4.02. The summed E-state index contributed by atoms with van der Waals surface area (Å²) in [6.07, 6.45) is 2.66. The zero-order valence-electron chi connectivity index (χ0n) is 10.7. The summed E-state index contributed by atoms with van der Waals surface area (Å²) >= 11 is 1.37. The monoisotopic (exact) mass is 283 g/mol. The lowest BCUT2D eigenvalue weighted by Crippen LogP contribution is -2.31. The van der Waals surface area contributed by atoms with Gasteiger partial charge in [0.25, 0.3) is 0 Å². The summed E-state index contributed by atoms with van der Waals surface area (Å²) in [5.74, 6) is 0.352. The summed E-state index contributed by atoms with van der Waals surface area (Å²) < 4.78 is 18.8. The molecule has 1 aliphatic rings. The van der Waals surface area contributed by atoms with Gasteiger partial charge in [-0.1, -0.05) is 12.1 Å². The number of hydrogen-bond donors (Lipinski definition) is 1. The number of nitrogens with one attached hydrogen (secondary N) is 1. The Morgan fingerprint density at radius 3 is 3.05 bits per heavy atom. The molecule has 2 rings (SSSR count). The maximum absolute atomic E-state index is 13.3. The summed E-state index contributed by atoms with van der Waals surface area (Å²) in [5, 5.41) is 2.85. The van der Waals surface area contributed by atoms with Crippen LogP contribution in [-0.4, -0.2) is 30.9 Å². The maximum Gasteiger partial charge on any atom is 0.220 e. The van der Waals surface area contributed by atoms with Crippen molar-refractivity contribution in [3.63, 3.8) is 0 Å². The fourth-order valence-electron chi connectivity index (χ4n) is 1.94. The van der Waals surface area contributed by atoms with Gasteiger partial charge in [0.2, 0.25) is 5.91 Å². The van der Waals surface area contributed by atoms with E-state index < -0.39 is 0 Å². The fourth-order valence-corrected chi connectivity index (χ4v) is 2.82. The summed E-state index contributed by atoms with van der Waals surface area (Å²) in [7, 11) is 0. The highest BCUT2D eigenvalue weighted by atomic mass is 32.2. The zero-order chi connectivity index (χ0) is 13.5. The third kappa shape index (κ3) is 4.84. The van der Waals surface area contributed by atoms with Gasteiger partial charge in [0.15, 0.2) is 0 Å². The van der Waals surface area contributed by atoms with Gasteiger partial charge in [-0.05, 0) is 25.0 Å². The van der Waals surface area contributed by atoms with Crippen molar-refractivity contribution in [2.45, 2.75) is 30.3 Å². The first-order valence-corrected chi connectivity index (χ1v) is 7.50. The summed E-state index contributed by atoms with van der Waals surface area (Å²) in [4.78, 5) is 12.2. The normalized spacial score (nSPS) is 18.5. The molecule has 1 aliphatic heterocycles. The molecule has 0 aliphatic carbocycles. The molecule has 0 aromatic heterocycles. The van der Waals surface area contributed by atoms with Gasteiger partial charge < -0.3 is 10.1 Å². The molecule has 3 nitrogen and oxygen atoms in total. The van der Waals surface area contributed by atoms with Crippen LogP contribution < -0.4 is 5.32 Å². The molecule has 0 saturated carbocycles. The number of thioether (sulfide) groups is 1. The second-order valence-electron chi connectivity index (χ2n) is 4.47. The molecule has 1 saturated heterocycles. The summed E-state index contributed by atoms with van der Waals surface area (Å²) in [5.41, 5.74) is 0. The van der Waals surface area contributed by atoms with Crippen molar-refractivity contribution in [3.8, 4) is 0 Å². The van der Waals surface area contributed by atoms with Gasteiger partial charge >= 0.3 is 0 Å². The molecule has 1 fully saturated rings. The number of benzene rings is 1. The van der Waals surface area contributed by atoms with Gasteiger partial charge in [0, 0.05) is 30.2 Å². The van der Waals surface area contributed by atoms with E-state index >= 15 is 0 Å². The van der Waals surface area contributed by atoms with Crippen molar-refractivity contribution in [2.75, 3.05) is 18.9 Å². The molecule has 0 radical (unpaired) electrons. The van der Waals surface area contributed by atoms with Crippen molar-refractivity contribution in [3.05, 3.63) is 30.1 Å². The molecule has 1 heterocycles. The van der Waals surface area contributed by atoms with Crippen LogP contribution >= 0.6 is 11.8 Å². The van der Waals surface area contributed by atoms with Gasteiger partial charge in [-0.25, -0.2) is 4.39 Å². The van der Waals surface area contributed by atoms with E-state index in [1.54, 1.807) is 18.2 Å². The molecule has 5 heteroatoms. The Morgan fingerprint density at radius 2 is 2.32 bits per heavy atom.